The van der Waals surface area contributed by atoms with Gasteiger partial charge in [0.25, 0.3) is 0 Å². The summed E-state index contributed by atoms with van der Waals surface area (Å²) in [6.07, 6.45) is 0. The molecule has 0 saturated carbocycles. The van der Waals surface area contributed by atoms with E-state index in [4.69, 9.17) is 4.74 Å². The summed E-state index contributed by atoms with van der Waals surface area (Å²) in [7, 11) is 1.45. The molecule has 3 rings (SSSR count). The van der Waals surface area contributed by atoms with Gasteiger partial charge in [-0.3, -0.25) is 9.69 Å². The van der Waals surface area contributed by atoms with Crippen LogP contribution in [0, 0.1) is 0 Å². The van der Waals surface area contributed by atoms with Gasteiger partial charge in [0.1, 0.15) is 5.70 Å². The molecule has 1 aliphatic heterocycles. The van der Waals surface area contributed by atoms with Crippen molar-refractivity contribution in [3.05, 3.63) is 83.1 Å². The number of ether oxygens (including phenoxy) is 1. The van der Waals surface area contributed by atoms with Crippen LogP contribution in [0.5, 0.6) is 0 Å². The van der Waals surface area contributed by atoms with Crippen LogP contribution < -0.4 is 5.32 Å². The van der Waals surface area contributed by atoms with Crippen molar-refractivity contribution < 1.29 is 19.1 Å². The summed E-state index contributed by atoms with van der Waals surface area (Å²) in [6, 6.07) is 16.5. The van der Waals surface area contributed by atoms with Crippen LogP contribution in [-0.4, -0.2) is 36.3 Å². The first-order valence-electron chi connectivity index (χ1n) is 8.64. The minimum absolute atomic E-state index is 0.0386. The van der Waals surface area contributed by atoms with Crippen LogP contribution in [0.4, 0.5) is 4.79 Å². The maximum atomic E-state index is 13.3. The molecule has 2 aromatic rings. The third-order valence-electron chi connectivity index (χ3n) is 4.33. The SMILES string of the molecule is CCOC(=O)C1=C(C(=O)c2ccccc2)[C@@H](c2ccccc2)NC(=O)N1C. The Morgan fingerprint density at radius 1 is 1.04 bits per heavy atom. The monoisotopic (exact) mass is 364 g/mol. The standard InChI is InChI=1S/C21H20N2O4/c1-3-27-20(25)18-16(19(24)15-12-8-5-9-13-15)17(22-21(26)23(18)2)14-10-6-4-7-11-14/h4-13,17H,3H2,1-2H3,(H,22,26)/t17-/m1/s1. The highest BCUT2D eigenvalue weighted by Crippen LogP contribution is 2.32. The lowest BCUT2D eigenvalue weighted by Gasteiger charge is -2.33. The molecule has 1 atom stereocenters. The Labute approximate surface area is 157 Å². The fourth-order valence-electron chi connectivity index (χ4n) is 3.04. The predicted molar refractivity (Wildman–Crippen MR) is 99.9 cm³/mol. The molecule has 0 unspecified atom stereocenters. The summed E-state index contributed by atoms with van der Waals surface area (Å²) in [6.45, 7) is 1.81. The molecule has 0 saturated heterocycles. The fourth-order valence-corrected chi connectivity index (χ4v) is 3.04. The van der Waals surface area contributed by atoms with Crippen molar-refractivity contribution in [2.45, 2.75) is 13.0 Å². The molecule has 6 nitrogen and oxygen atoms in total. The number of benzene rings is 2. The van der Waals surface area contributed by atoms with E-state index in [9.17, 15) is 14.4 Å². The zero-order valence-corrected chi connectivity index (χ0v) is 15.1. The zero-order chi connectivity index (χ0) is 19.4. The Kier molecular flexibility index (Phi) is 5.35. The molecule has 1 aliphatic rings. The number of amides is 2. The van der Waals surface area contributed by atoms with Gasteiger partial charge in [0.15, 0.2) is 5.78 Å². The number of ketones is 1. The second-order valence-corrected chi connectivity index (χ2v) is 6.03. The van der Waals surface area contributed by atoms with E-state index in [1.54, 1.807) is 49.4 Å². The van der Waals surface area contributed by atoms with Gasteiger partial charge in [0.05, 0.1) is 18.2 Å². The number of hydrogen-bond donors (Lipinski definition) is 1. The molecule has 0 fully saturated rings. The Balaban J connectivity index is 2.22. The van der Waals surface area contributed by atoms with E-state index in [0.717, 1.165) is 4.90 Å². The third kappa shape index (κ3) is 3.60. The molecule has 1 heterocycles. The van der Waals surface area contributed by atoms with Gasteiger partial charge in [0.2, 0.25) is 0 Å². The molecular weight excluding hydrogens is 344 g/mol. The minimum Gasteiger partial charge on any atom is -0.461 e. The third-order valence-corrected chi connectivity index (χ3v) is 4.33. The molecule has 2 amide bonds. The van der Waals surface area contributed by atoms with Crippen LogP contribution in [0.2, 0.25) is 0 Å². The maximum absolute atomic E-state index is 13.3. The first kappa shape index (κ1) is 18.4. The van der Waals surface area contributed by atoms with E-state index in [2.05, 4.69) is 5.32 Å². The molecule has 2 aromatic carbocycles. The summed E-state index contributed by atoms with van der Waals surface area (Å²) in [5.74, 6) is -1.03. The van der Waals surface area contributed by atoms with Gasteiger partial charge in [-0.1, -0.05) is 60.7 Å². The van der Waals surface area contributed by atoms with Crippen molar-refractivity contribution in [1.82, 2.24) is 10.2 Å². The molecule has 138 valence electrons. The highest BCUT2D eigenvalue weighted by molar-refractivity contribution is 6.15. The van der Waals surface area contributed by atoms with Gasteiger partial charge < -0.3 is 10.1 Å². The van der Waals surface area contributed by atoms with Crippen LogP contribution in [-0.2, 0) is 9.53 Å². The molecule has 6 heteroatoms. The molecule has 0 spiro atoms. The number of nitrogens with one attached hydrogen (secondary N) is 1. The number of rotatable bonds is 5. The Hall–Kier alpha value is -3.41. The smallest absolute Gasteiger partial charge is 0.355 e. The highest BCUT2D eigenvalue weighted by atomic mass is 16.5. The van der Waals surface area contributed by atoms with Crippen LogP contribution in [0.15, 0.2) is 71.9 Å². The van der Waals surface area contributed by atoms with Crippen molar-refractivity contribution in [1.29, 1.82) is 0 Å². The topological polar surface area (TPSA) is 75.7 Å². The van der Waals surface area contributed by atoms with Crippen LogP contribution in [0.1, 0.15) is 28.9 Å². The van der Waals surface area contributed by atoms with E-state index < -0.39 is 18.0 Å². The van der Waals surface area contributed by atoms with E-state index in [1.807, 2.05) is 18.2 Å². The number of nitrogens with zero attached hydrogens (tertiary/aromatic N) is 1. The molecular formula is C21H20N2O4. The molecule has 1 N–H and O–H groups in total. The Morgan fingerprint density at radius 3 is 2.22 bits per heavy atom. The number of urea groups is 1. The summed E-state index contributed by atoms with van der Waals surface area (Å²) in [5.41, 5.74) is 1.29. The van der Waals surface area contributed by atoms with Crippen molar-refractivity contribution in [2.24, 2.45) is 0 Å². The van der Waals surface area contributed by atoms with Gasteiger partial charge in [-0.25, -0.2) is 9.59 Å². The summed E-state index contributed by atoms with van der Waals surface area (Å²) < 4.78 is 5.13. The van der Waals surface area contributed by atoms with E-state index in [0.29, 0.717) is 11.1 Å². The summed E-state index contributed by atoms with van der Waals surface area (Å²) >= 11 is 0. The number of hydrogen-bond acceptors (Lipinski definition) is 4. The zero-order valence-electron chi connectivity index (χ0n) is 15.1. The van der Waals surface area contributed by atoms with Crippen molar-refractivity contribution in [2.75, 3.05) is 13.7 Å². The molecule has 0 aliphatic carbocycles. The van der Waals surface area contributed by atoms with Crippen LogP contribution >= 0.6 is 0 Å². The largest absolute Gasteiger partial charge is 0.461 e. The first-order valence-corrected chi connectivity index (χ1v) is 8.64. The van der Waals surface area contributed by atoms with E-state index in [1.165, 1.54) is 7.05 Å². The Morgan fingerprint density at radius 2 is 1.63 bits per heavy atom. The molecule has 27 heavy (non-hydrogen) atoms. The van der Waals surface area contributed by atoms with Crippen molar-refractivity contribution in [3.8, 4) is 0 Å². The normalized spacial score (nSPS) is 16.7. The van der Waals surface area contributed by atoms with Gasteiger partial charge >= 0.3 is 12.0 Å². The number of esters is 1. The lowest BCUT2D eigenvalue weighted by atomic mass is 9.89. The number of carbonyl (C=O) groups is 3. The lowest BCUT2D eigenvalue weighted by molar-refractivity contribution is -0.140. The summed E-state index contributed by atoms with van der Waals surface area (Å²) in [4.78, 5) is 39.5. The summed E-state index contributed by atoms with van der Waals surface area (Å²) in [5, 5.41) is 2.81. The second kappa shape index (κ2) is 7.86. The van der Waals surface area contributed by atoms with Crippen LogP contribution in [0.25, 0.3) is 0 Å². The average molecular weight is 364 g/mol. The average Bonchev–Trinajstić information content (AvgIpc) is 2.70. The number of likely N-dealkylation sites (N-methyl/N-ethyl adjacent to an activating group) is 1. The van der Waals surface area contributed by atoms with Gasteiger partial charge in [-0.05, 0) is 12.5 Å². The van der Waals surface area contributed by atoms with E-state index >= 15 is 0 Å². The number of carbonyl (C=O) groups excluding carboxylic acids is 3. The minimum atomic E-state index is -0.748. The maximum Gasteiger partial charge on any atom is 0.355 e. The van der Waals surface area contributed by atoms with Crippen LogP contribution in [0.3, 0.4) is 0 Å². The lowest BCUT2D eigenvalue weighted by Crippen LogP contribution is -2.48. The highest BCUT2D eigenvalue weighted by Gasteiger charge is 2.39. The first-order chi connectivity index (χ1) is 13.0. The predicted octanol–water partition coefficient (Wildman–Crippen LogP) is 3.08. The number of Topliss-reactive ketones (excluding diaryl/α,β-unsaturated/α-hetero) is 1. The van der Waals surface area contributed by atoms with E-state index in [-0.39, 0.29) is 23.7 Å². The fraction of sp³-hybridized carbons (Fsp3) is 0.190. The Bertz CT molecular complexity index is 891. The van der Waals surface area contributed by atoms with Crippen molar-refractivity contribution >= 4 is 17.8 Å². The second-order valence-electron chi connectivity index (χ2n) is 6.03. The van der Waals surface area contributed by atoms with Gasteiger partial charge in [-0.15, -0.1) is 0 Å². The van der Waals surface area contributed by atoms with Gasteiger partial charge in [0, 0.05) is 12.6 Å². The molecule has 0 radical (unpaired) electrons. The molecule has 0 aromatic heterocycles. The quantitative estimate of drug-likeness (QED) is 0.653. The van der Waals surface area contributed by atoms with Gasteiger partial charge in [-0.2, -0.15) is 0 Å². The molecule has 0 bridgehead atoms. The van der Waals surface area contributed by atoms with Crippen molar-refractivity contribution in [3.63, 3.8) is 0 Å².